The van der Waals surface area contributed by atoms with Crippen LogP contribution in [0.4, 0.5) is 0 Å². The average molecular weight is 216 g/mol. The number of nitrogens with one attached hydrogen (secondary N) is 1. The molecule has 0 aliphatic rings. The molecule has 90 valence electrons. The zero-order valence-electron chi connectivity index (χ0n) is 10.0. The minimum atomic E-state index is -0.0632. The molecule has 0 aliphatic carbocycles. The highest BCUT2D eigenvalue weighted by atomic mass is 16.4. The fourth-order valence-electron chi connectivity index (χ4n) is 1.35. The number of rotatable bonds is 8. The van der Waals surface area contributed by atoms with Crippen molar-refractivity contribution in [1.29, 1.82) is 0 Å². The Morgan fingerprint density at radius 3 is 2.53 bits per heavy atom. The lowest BCUT2D eigenvalue weighted by Crippen LogP contribution is -2.40. The number of oxime groups is 1. The van der Waals surface area contributed by atoms with Crippen LogP contribution in [-0.4, -0.2) is 48.2 Å². The summed E-state index contributed by atoms with van der Waals surface area (Å²) < 4.78 is 0. The Morgan fingerprint density at radius 1 is 1.47 bits per heavy atom. The molecule has 0 heterocycles. The third-order valence-electron chi connectivity index (χ3n) is 2.56. The van der Waals surface area contributed by atoms with E-state index in [0.29, 0.717) is 0 Å². The molecule has 0 fully saturated rings. The number of hydrogen-bond donors (Lipinski definition) is 3. The van der Waals surface area contributed by atoms with E-state index in [-0.39, 0.29) is 11.9 Å². The second kappa shape index (κ2) is 8.49. The number of hydrogen-bond acceptors (Lipinski definition) is 4. The molecule has 0 radical (unpaired) electrons. The topological polar surface area (TPSA) is 73.9 Å². The summed E-state index contributed by atoms with van der Waals surface area (Å²) in [5, 5.41) is 14.6. The Kier molecular flexibility index (Phi) is 8.04. The Balaban J connectivity index is 3.54. The first-order chi connectivity index (χ1) is 7.15. The highest BCUT2D eigenvalue weighted by Crippen LogP contribution is 1.90. The maximum absolute atomic E-state index is 8.44. The standard InChI is InChI=1S/C10H24N4O/c1-4-14(5-2)8-6-7-12-9(3)10(11)13-15/h9,12,15H,4-8H2,1-3H3,(H2,11,13). The molecule has 0 saturated heterocycles. The molecule has 0 aromatic rings. The van der Waals surface area contributed by atoms with Gasteiger partial charge in [0.05, 0.1) is 6.04 Å². The van der Waals surface area contributed by atoms with Crippen molar-refractivity contribution in [2.75, 3.05) is 26.2 Å². The summed E-state index contributed by atoms with van der Waals surface area (Å²) in [5.41, 5.74) is 5.44. The van der Waals surface area contributed by atoms with Crippen molar-refractivity contribution >= 4 is 5.84 Å². The quantitative estimate of drug-likeness (QED) is 0.181. The number of amidine groups is 1. The van der Waals surface area contributed by atoms with Crippen LogP contribution in [0.3, 0.4) is 0 Å². The lowest BCUT2D eigenvalue weighted by Gasteiger charge is -2.18. The molecule has 0 aliphatic heterocycles. The summed E-state index contributed by atoms with van der Waals surface area (Å²) in [5.74, 6) is 0.234. The third-order valence-corrected chi connectivity index (χ3v) is 2.56. The van der Waals surface area contributed by atoms with E-state index in [1.807, 2.05) is 6.92 Å². The van der Waals surface area contributed by atoms with Gasteiger partial charge < -0.3 is 21.2 Å². The van der Waals surface area contributed by atoms with Crippen LogP contribution in [0.5, 0.6) is 0 Å². The SMILES string of the molecule is CCN(CC)CCCNC(C)C(N)=NO. The fourth-order valence-corrected chi connectivity index (χ4v) is 1.35. The second-order valence-electron chi connectivity index (χ2n) is 3.58. The van der Waals surface area contributed by atoms with E-state index < -0.39 is 0 Å². The summed E-state index contributed by atoms with van der Waals surface area (Å²) in [6.45, 7) is 10.4. The van der Waals surface area contributed by atoms with Crippen LogP contribution in [-0.2, 0) is 0 Å². The van der Waals surface area contributed by atoms with Gasteiger partial charge >= 0.3 is 0 Å². The highest BCUT2D eigenvalue weighted by molar-refractivity contribution is 5.84. The number of nitrogens with two attached hydrogens (primary N) is 1. The molecule has 0 spiro atoms. The van der Waals surface area contributed by atoms with Crippen LogP contribution in [0.1, 0.15) is 27.2 Å². The van der Waals surface area contributed by atoms with Crippen LogP contribution < -0.4 is 11.1 Å². The molecule has 0 aromatic heterocycles. The van der Waals surface area contributed by atoms with Crippen LogP contribution >= 0.6 is 0 Å². The second-order valence-corrected chi connectivity index (χ2v) is 3.58. The lowest BCUT2D eigenvalue weighted by atomic mass is 10.3. The van der Waals surface area contributed by atoms with Crippen LogP contribution in [0, 0.1) is 0 Å². The van der Waals surface area contributed by atoms with Gasteiger partial charge in [-0.1, -0.05) is 19.0 Å². The predicted molar refractivity (Wildman–Crippen MR) is 63.3 cm³/mol. The Hall–Kier alpha value is -0.810. The van der Waals surface area contributed by atoms with E-state index in [0.717, 1.165) is 32.6 Å². The monoisotopic (exact) mass is 216 g/mol. The van der Waals surface area contributed by atoms with Gasteiger partial charge in [0.25, 0.3) is 0 Å². The van der Waals surface area contributed by atoms with Crippen molar-refractivity contribution in [1.82, 2.24) is 10.2 Å². The first-order valence-corrected chi connectivity index (χ1v) is 5.58. The minimum Gasteiger partial charge on any atom is -0.409 e. The molecule has 0 bridgehead atoms. The summed E-state index contributed by atoms with van der Waals surface area (Å²) in [6, 6.07) is -0.0632. The molecule has 0 aromatic carbocycles. The molecule has 4 N–H and O–H groups in total. The molecular weight excluding hydrogens is 192 g/mol. The number of nitrogens with zero attached hydrogens (tertiary/aromatic N) is 2. The summed E-state index contributed by atoms with van der Waals surface area (Å²) in [7, 11) is 0. The molecule has 5 heteroatoms. The molecule has 0 saturated carbocycles. The summed E-state index contributed by atoms with van der Waals surface area (Å²) >= 11 is 0. The molecular formula is C10H24N4O. The summed E-state index contributed by atoms with van der Waals surface area (Å²) in [4.78, 5) is 2.37. The van der Waals surface area contributed by atoms with Gasteiger partial charge in [-0.05, 0) is 39.5 Å². The fraction of sp³-hybridized carbons (Fsp3) is 0.900. The van der Waals surface area contributed by atoms with Gasteiger partial charge in [-0.3, -0.25) is 0 Å². The maximum Gasteiger partial charge on any atom is 0.156 e. The minimum absolute atomic E-state index is 0.0632. The molecule has 1 unspecified atom stereocenters. The van der Waals surface area contributed by atoms with E-state index in [4.69, 9.17) is 10.9 Å². The van der Waals surface area contributed by atoms with E-state index >= 15 is 0 Å². The zero-order valence-corrected chi connectivity index (χ0v) is 10.0. The van der Waals surface area contributed by atoms with Gasteiger partial charge in [-0.15, -0.1) is 0 Å². The Labute approximate surface area is 92.3 Å². The van der Waals surface area contributed by atoms with Gasteiger partial charge in [0.15, 0.2) is 5.84 Å². The van der Waals surface area contributed by atoms with Gasteiger partial charge in [0.1, 0.15) is 0 Å². The molecule has 15 heavy (non-hydrogen) atoms. The van der Waals surface area contributed by atoms with Gasteiger partial charge in [-0.25, -0.2) is 0 Å². The van der Waals surface area contributed by atoms with E-state index in [1.165, 1.54) is 0 Å². The average Bonchev–Trinajstić information content (AvgIpc) is 2.27. The highest BCUT2D eigenvalue weighted by Gasteiger charge is 2.05. The largest absolute Gasteiger partial charge is 0.409 e. The van der Waals surface area contributed by atoms with Crippen molar-refractivity contribution in [2.45, 2.75) is 33.2 Å². The van der Waals surface area contributed by atoms with Crippen LogP contribution in [0.25, 0.3) is 0 Å². The first-order valence-electron chi connectivity index (χ1n) is 5.58. The van der Waals surface area contributed by atoms with Crippen molar-refractivity contribution < 1.29 is 5.21 Å². The molecule has 5 nitrogen and oxygen atoms in total. The van der Waals surface area contributed by atoms with Crippen LogP contribution in [0.15, 0.2) is 5.16 Å². The van der Waals surface area contributed by atoms with Crippen molar-refractivity contribution in [3.63, 3.8) is 0 Å². The van der Waals surface area contributed by atoms with Gasteiger partial charge in [-0.2, -0.15) is 0 Å². The van der Waals surface area contributed by atoms with Gasteiger partial charge in [0.2, 0.25) is 0 Å². The van der Waals surface area contributed by atoms with E-state index in [9.17, 15) is 0 Å². The van der Waals surface area contributed by atoms with Crippen molar-refractivity contribution in [2.24, 2.45) is 10.9 Å². The molecule has 1 atom stereocenters. The normalized spacial score (nSPS) is 14.5. The molecule has 0 amide bonds. The van der Waals surface area contributed by atoms with Gasteiger partial charge in [0, 0.05) is 0 Å². The molecule has 0 rings (SSSR count). The van der Waals surface area contributed by atoms with Crippen LogP contribution in [0.2, 0.25) is 0 Å². The van der Waals surface area contributed by atoms with E-state index in [1.54, 1.807) is 0 Å². The van der Waals surface area contributed by atoms with Crippen molar-refractivity contribution in [3.8, 4) is 0 Å². The Bertz CT molecular complexity index is 180. The Morgan fingerprint density at radius 2 is 2.07 bits per heavy atom. The smallest absolute Gasteiger partial charge is 0.156 e. The first kappa shape index (κ1) is 14.2. The lowest BCUT2D eigenvalue weighted by molar-refractivity contribution is 0.296. The van der Waals surface area contributed by atoms with Crippen molar-refractivity contribution in [3.05, 3.63) is 0 Å². The predicted octanol–water partition coefficient (Wildman–Crippen LogP) is 0.443. The van der Waals surface area contributed by atoms with E-state index in [2.05, 4.69) is 29.2 Å². The summed E-state index contributed by atoms with van der Waals surface area (Å²) in [6.07, 6.45) is 1.07. The maximum atomic E-state index is 8.44. The third kappa shape index (κ3) is 6.30. The zero-order chi connectivity index (χ0) is 11.7.